The van der Waals surface area contributed by atoms with Crippen LogP contribution in [0.4, 0.5) is 0 Å². The Morgan fingerprint density at radius 2 is 1.78 bits per heavy atom. The largest absolute Gasteiger partial charge is 0.336 e. The summed E-state index contributed by atoms with van der Waals surface area (Å²) in [6, 6.07) is 10.9. The fourth-order valence-electron chi connectivity index (χ4n) is 4.28. The van der Waals surface area contributed by atoms with E-state index in [9.17, 15) is 4.79 Å². The van der Waals surface area contributed by atoms with E-state index in [1.54, 1.807) is 0 Å². The molecule has 2 atom stereocenters. The zero-order chi connectivity index (χ0) is 19.6. The lowest BCUT2D eigenvalue weighted by Crippen LogP contribution is -2.50. The van der Waals surface area contributed by atoms with Gasteiger partial charge in [0.1, 0.15) is 0 Å². The van der Waals surface area contributed by atoms with Crippen molar-refractivity contribution in [2.24, 2.45) is 0 Å². The molecule has 0 aliphatic carbocycles. The molecular weight excluding hydrogens is 336 g/mol. The van der Waals surface area contributed by atoms with Crippen LogP contribution >= 0.6 is 0 Å². The van der Waals surface area contributed by atoms with Gasteiger partial charge in [-0.2, -0.15) is 5.10 Å². The minimum atomic E-state index is 0.239. The molecule has 1 aromatic carbocycles. The summed E-state index contributed by atoms with van der Waals surface area (Å²) in [7, 11) is 2.02. The van der Waals surface area contributed by atoms with Gasteiger partial charge in [-0.15, -0.1) is 0 Å². The summed E-state index contributed by atoms with van der Waals surface area (Å²) >= 11 is 0. The van der Waals surface area contributed by atoms with Crippen LogP contribution in [0, 0.1) is 13.8 Å². The van der Waals surface area contributed by atoms with Crippen LogP contribution in [0.5, 0.6) is 0 Å². The Kier molecular flexibility index (Phi) is 6.00. The molecule has 5 nitrogen and oxygen atoms in total. The number of carbonyl (C=O) groups is 1. The maximum atomic E-state index is 12.9. The Morgan fingerprint density at radius 1 is 1.15 bits per heavy atom. The smallest absolute Gasteiger partial charge is 0.237 e. The maximum Gasteiger partial charge on any atom is 0.237 e. The Bertz CT molecular complexity index is 773. The van der Waals surface area contributed by atoms with Gasteiger partial charge in [-0.1, -0.05) is 18.2 Å². The van der Waals surface area contributed by atoms with Crippen molar-refractivity contribution < 1.29 is 4.79 Å². The second-order valence-electron chi connectivity index (χ2n) is 8.00. The number of aryl methyl sites for hydroxylation is 1. The van der Waals surface area contributed by atoms with E-state index >= 15 is 0 Å². The zero-order valence-corrected chi connectivity index (χ0v) is 17.3. The Morgan fingerprint density at radius 3 is 2.41 bits per heavy atom. The van der Waals surface area contributed by atoms with Gasteiger partial charge in [0.15, 0.2) is 0 Å². The average molecular weight is 369 g/mol. The van der Waals surface area contributed by atoms with E-state index in [0.29, 0.717) is 18.6 Å². The number of hydrogen-bond acceptors (Lipinski definition) is 3. The van der Waals surface area contributed by atoms with E-state index in [1.807, 2.05) is 36.9 Å². The third-order valence-electron chi connectivity index (χ3n) is 5.76. The summed E-state index contributed by atoms with van der Waals surface area (Å²) in [4.78, 5) is 17.1. The van der Waals surface area contributed by atoms with Gasteiger partial charge >= 0.3 is 0 Å². The lowest BCUT2D eigenvalue weighted by molar-refractivity contribution is -0.138. The highest BCUT2D eigenvalue weighted by molar-refractivity contribution is 5.79. The van der Waals surface area contributed by atoms with Crippen LogP contribution in [0.3, 0.4) is 0 Å². The van der Waals surface area contributed by atoms with Gasteiger partial charge in [-0.05, 0) is 66.1 Å². The lowest BCUT2D eigenvalue weighted by Gasteiger charge is -2.39. The Balaban J connectivity index is 1.70. The van der Waals surface area contributed by atoms with E-state index in [-0.39, 0.29) is 5.91 Å². The molecule has 146 valence electrons. The van der Waals surface area contributed by atoms with Crippen molar-refractivity contribution in [3.05, 3.63) is 47.3 Å². The molecule has 0 saturated carbocycles. The topological polar surface area (TPSA) is 41.4 Å². The van der Waals surface area contributed by atoms with Crippen molar-refractivity contribution in [1.29, 1.82) is 0 Å². The van der Waals surface area contributed by atoms with Gasteiger partial charge in [-0.25, -0.2) is 4.68 Å². The van der Waals surface area contributed by atoms with Gasteiger partial charge in [0.05, 0.1) is 17.9 Å². The highest BCUT2D eigenvalue weighted by Crippen LogP contribution is 2.23. The van der Waals surface area contributed by atoms with Crippen LogP contribution in [-0.2, 0) is 11.3 Å². The summed E-state index contributed by atoms with van der Waals surface area (Å²) in [5.41, 5.74) is 4.43. The minimum Gasteiger partial charge on any atom is -0.336 e. The number of likely N-dealkylation sites (N-methyl/N-ethyl adjacent to an activating group) is 1. The molecule has 2 unspecified atom stereocenters. The molecule has 0 spiro atoms. The second-order valence-corrected chi connectivity index (χ2v) is 8.00. The molecule has 1 amide bonds. The fraction of sp³-hybridized carbons (Fsp3) is 0.545. The molecule has 0 bridgehead atoms. The van der Waals surface area contributed by atoms with Crippen molar-refractivity contribution in [3.8, 4) is 5.69 Å². The number of aromatic nitrogens is 2. The molecule has 1 fully saturated rings. The summed E-state index contributed by atoms with van der Waals surface area (Å²) in [6.07, 6.45) is 3.45. The third kappa shape index (κ3) is 4.24. The van der Waals surface area contributed by atoms with Crippen molar-refractivity contribution in [1.82, 2.24) is 19.6 Å². The van der Waals surface area contributed by atoms with Gasteiger partial charge in [0.2, 0.25) is 5.91 Å². The second kappa shape index (κ2) is 8.26. The van der Waals surface area contributed by atoms with Crippen LogP contribution in [0.2, 0.25) is 0 Å². The molecule has 3 rings (SSSR count). The summed E-state index contributed by atoms with van der Waals surface area (Å²) in [6.45, 7) is 9.67. The number of para-hydroxylation sites is 1. The number of rotatable bonds is 5. The number of amides is 1. The van der Waals surface area contributed by atoms with Crippen LogP contribution in [0.1, 0.15) is 50.1 Å². The monoisotopic (exact) mass is 368 g/mol. The number of carbonyl (C=O) groups excluding carboxylic acids is 1. The summed E-state index contributed by atoms with van der Waals surface area (Å²) < 4.78 is 2.00. The highest BCUT2D eigenvalue weighted by atomic mass is 16.2. The van der Waals surface area contributed by atoms with E-state index in [1.165, 1.54) is 12.0 Å². The quantitative estimate of drug-likeness (QED) is 0.808. The van der Waals surface area contributed by atoms with Crippen molar-refractivity contribution in [3.63, 3.8) is 0 Å². The van der Waals surface area contributed by atoms with E-state index in [2.05, 4.69) is 42.7 Å². The normalized spacial score (nSPS) is 20.3. The van der Waals surface area contributed by atoms with E-state index in [4.69, 9.17) is 5.10 Å². The number of likely N-dealkylation sites (tertiary alicyclic amines) is 1. The number of nitrogens with zero attached hydrogens (tertiary/aromatic N) is 4. The van der Waals surface area contributed by atoms with E-state index in [0.717, 1.165) is 36.5 Å². The van der Waals surface area contributed by atoms with Gasteiger partial charge < -0.3 is 4.90 Å². The van der Waals surface area contributed by atoms with Crippen molar-refractivity contribution in [2.45, 2.75) is 65.6 Å². The molecule has 1 aromatic heterocycles. The van der Waals surface area contributed by atoms with Gasteiger partial charge in [0, 0.05) is 29.9 Å². The standard InChI is InChI=1S/C22H32N4O/c1-16-10-9-11-17(2)25(16)22(27)15-24(5)14-21-18(3)23-26(19(21)4)20-12-7-6-8-13-20/h6-8,12-13,16-17H,9-11,14-15H2,1-5H3. The van der Waals surface area contributed by atoms with Crippen LogP contribution < -0.4 is 0 Å². The third-order valence-corrected chi connectivity index (χ3v) is 5.76. The summed E-state index contributed by atoms with van der Waals surface area (Å²) in [5, 5.41) is 4.72. The first-order valence-corrected chi connectivity index (χ1v) is 9.98. The molecule has 0 N–H and O–H groups in total. The lowest BCUT2D eigenvalue weighted by atomic mass is 9.97. The van der Waals surface area contributed by atoms with Crippen LogP contribution in [-0.4, -0.2) is 51.2 Å². The van der Waals surface area contributed by atoms with Crippen LogP contribution in [0.25, 0.3) is 5.69 Å². The first-order chi connectivity index (χ1) is 12.9. The fourth-order valence-corrected chi connectivity index (χ4v) is 4.28. The molecule has 2 heterocycles. The molecule has 1 saturated heterocycles. The van der Waals surface area contributed by atoms with E-state index < -0.39 is 0 Å². The van der Waals surface area contributed by atoms with Gasteiger partial charge in [0.25, 0.3) is 0 Å². The Labute approximate surface area is 163 Å². The minimum absolute atomic E-state index is 0.239. The first-order valence-electron chi connectivity index (χ1n) is 9.98. The molecular formula is C22H32N4O. The summed E-state index contributed by atoms with van der Waals surface area (Å²) in [5.74, 6) is 0.239. The molecule has 27 heavy (non-hydrogen) atoms. The number of piperidine rings is 1. The van der Waals surface area contributed by atoms with Crippen LogP contribution in [0.15, 0.2) is 30.3 Å². The zero-order valence-electron chi connectivity index (χ0n) is 17.3. The van der Waals surface area contributed by atoms with Gasteiger partial charge in [-0.3, -0.25) is 9.69 Å². The number of benzene rings is 1. The SMILES string of the molecule is Cc1nn(-c2ccccc2)c(C)c1CN(C)CC(=O)N1C(C)CCCC1C. The molecule has 1 aliphatic rings. The number of hydrogen-bond donors (Lipinski definition) is 0. The predicted molar refractivity (Wildman–Crippen MR) is 109 cm³/mol. The average Bonchev–Trinajstić information content (AvgIpc) is 2.90. The molecule has 1 aliphatic heterocycles. The first kappa shape index (κ1) is 19.6. The molecule has 2 aromatic rings. The highest BCUT2D eigenvalue weighted by Gasteiger charge is 2.29. The Hall–Kier alpha value is -2.14. The molecule has 5 heteroatoms. The molecule has 0 radical (unpaired) electrons. The maximum absolute atomic E-state index is 12.9. The predicted octanol–water partition coefficient (Wildman–Crippen LogP) is 3.71. The van der Waals surface area contributed by atoms with Crippen molar-refractivity contribution in [2.75, 3.05) is 13.6 Å². The van der Waals surface area contributed by atoms with Crippen molar-refractivity contribution >= 4 is 5.91 Å².